The third-order valence-electron chi connectivity index (χ3n) is 4.85. The number of nitrogens with zero attached hydrogens (tertiary/aromatic N) is 3. The van der Waals surface area contributed by atoms with Crippen LogP contribution in [0.3, 0.4) is 0 Å². The van der Waals surface area contributed by atoms with Crippen molar-refractivity contribution in [2.24, 2.45) is 0 Å². The highest BCUT2D eigenvalue weighted by Gasteiger charge is 2.37. The van der Waals surface area contributed by atoms with Gasteiger partial charge in [-0.25, -0.2) is 9.59 Å². The molecule has 32 heavy (non-hydrogen) atoms. The van der Waals surface area contributed by atoms with E-state index in [1.54, 1.807) is 19.1 Å². The molecule has 0 bridgehead atoms. The molecule has 0 radical (unpaired) electrons. The summed E-state index contributed by atoms with van der Waals surface area (Å²) < 4.78 is 16.3. The van der Waals surface area contributed by atoms with E-state index < -0.39 is 12.0 Å². The van der Waals surface area contributed by atoms with Crippen molar-refractivity contribution in [2.45, 2.75) is 25.1 Å². The zero-order valence-electron chi connectivity index (χ0n) is 17.6. The molecule has 0 spiro atoms. The minimum atomic E-state index is -0.623. The van der Waals surface area contributed by atoms with Crippen LogP contribution in [-0.2, 0) is 9.53 Å². The van der Waals surface area contributed by atoms with Crippen LogP contribution in [0.2, 0.25) is 0 Å². The molecule has 1 atom stereocenters. The molecule has 1 unspecified atom stereocenters. The highest BCUT2D eigenvalue weighted by Crippen LogP contribution is 2.34. The van der Waals surface area contributed by atoms with Gasteiger partial charge in [-0.05, 0) is 31.5 Å². The Bertz CT molecular complexity index is 1110. The number of ether oxygens (including phenoxy) is 1. The van der Waals surface area contributed by atoms with Crippen LogP contribution in [0.5, 0.6) is 0 Å². The SMILES string of the molecule is CCOC(=O)C1=C(CSc2nnc(-c3ccco3)o2)N(CC)C(=O)NC1c1ccccc1. The van der Waals surface area contributed by atoms with E-state index in [1.807, 2.05) is 37.3 Å². The minimum Gasteiger partial charge on any atom is -0.463 e. The van der Waals surface area contributed by atoms with Crippen molar-refractivity contribution < 1.29 is 23.2 Å². The Morgan fingerprint density at radius 1 is 1.19 bits per heavy atom. The number of carbonyl (C=O) groups excluding carboxylic acids is 2. The second kappa shape index (κ2) is 9.73. The van der Waals surface area contributed by atoms with Gasteiger partial charge in [-0.15, -0.1) is 10.2 Å². The number of esters is 1. The van der Waals surface area contributed by atoms with Gasteiger partial charge in [0.2, 0.25) is 0 Å². The molecule has 9 nitrogen and oxygen atoms in total. The van der Waals surface area contributed by atoms with E-state index in [1.165, 1.54) is 22.9 Å². The van der Waals surface area contributed by atoms with Crippen molar-refractivity contribution in [3.63, 3.8) is 0 Å². The fourth-order valence-electron chi connectivity index (χ4n) is 3.44. The first kappa shape index (κ1) is 21.7. The second-order valence-electron chi connectivity index (χ2n) is 6.76. The number of hydrogen-bond donors (Lipinski definition) is 1. The summed E-state index contributed by atoms with van der Waals surface area (Å²) in [6.07, 6.45) is 1.52. The largest absolute Gasteiger partial charge is 0.463 e. The topological polar surface area (TPSA) is 111 Å². The number of amides is 2. The third-order valence-corrected chi connectivity index (χ3v) is 5.68. The van der Waals surface area contributed by atoms with E-state index in [0.717, 1.165) is 5.56 Å². The molecule has 1 aliphatic rings. The molecule has 2 amide bonds. The van der Waals surface area contributed by atoms with Gasteiger partial charge in [0.05, 0.1) is 24.5 Å². The van der Waals surface area contributed by atoms with Gasteiger partial charge in [0.25, 0.3) is 11.1 Å². The van der Waals surface area contributed by atoms with Crippen LogP contribution >= 0.6 is 11.8 Å². The maximum atomic E-state index is 13.0. The fourth-order valence-corrected chi connectivity index (χ4v) is 4.24. The quantitative estimate of drug-likeness (QED) is 0.401. The fraction of sp³-hybridized carbons (Fsp3) is 0.273. The van der Waals surface area contributed by atoms with E-state index in [4.69, 9.17) is 13.6 Å². The Morgan fingerprint density at radius 2 is 2.00 bits per heavy atom. The van der Waals surface area contributed by atoms with Crippen molar-refractivity contribution in [1.82, 2.24) is 20.4 Å². The van der Waals surface area contributed by atoms with Crippen LogP contribution in [-0.4, -0.2) is 46.0 Å². The Hall–Kier alpha value is -3.53. The number of nitrogens with one attached hydrogen (secondary N) is 1. The molecule has 0 saturated carbocycles. The summed E-state index contributed by atoms with van der Waals surface area (Å²) in [5, 5.41) is 11.3. The summed E-state index contributed by atoms with van der Waals surface area (Å²) in [5.74, 6) is 0.510. The zero-order chi connectivity index (χ0) is 22.5. The summed E-state index contributed by atoms with van der Waals surface area (Å²) in [6, 6.07) is 11.9. The molecule has 166 valence electrons. The van der Waals surface area contributed by atoms with Gasteiger partial charge in [-0.2, -0.15) is 0 Å². The van der Waals surface area contributed by atoms with Crippen LogP contribution in [0.1, 0.15) is 25.5 Å². The number of thioether (sulfide) groups is 1. The van der Waals surface area contributed by atoms with Crippen molar-refractivity contribution in [1.29, 1.82) is 0 Å². The number of rotatable bonds is 8. The molecule has 0 fully saturated rings. The van der Waals surface area contributed by atoms with Crippen LogP contribution in [0.25, 0.3) is 11.7 Å². The Morgan fingerprint density at radius 3 is 2.69 bits per heavy atom. The summed E-state index contributed by atoms with van der Waals surface area (Å²) in [4.78, 5) is 27.4. The van der Waals surface area contributed by atoms with Gasteiger partial charge < -0.3 is 18.9 Å². The minimum absolute atomic E-state index is 0.223. The average Bonchev–Trinajstić information content (AvgIpc) is 3.50. The Labute approximate surface area is 188 Å². The molecule has 0 saturated heterocycles. The molecule has 3 heterocycles. The first-order chi connectivity index (χ1) is 15.6. The molecule has 3 aromatic rings. The normalized spacial score (nSPS) is 16.2. The van der Waals surface area contributed by atoms with Crippen LogP contribution in [0.15, 0.2) is 74.1 Å². The molecule has 4 rings (SSSR count). The lowest BCUT2D eigenvalue weighted by Gasteiger charge is -2.36. The second-order valence-corrected chi connectivity index (χ2v) is 7.68. The maximum absolute atomic E-state index is 13.0. The molecule has 2 aromatic heterocycles. The number of benzene rings is 1. The lowest BCUT2D eigenvalue weighted by molar-refractivity contribution is -0.139. The van der Waals surface area contributed by atoms with E-state index in [0.29, 0.717) is 28.8 Å². The Kier molecular flexibility index (Phi) is 6.60. The highest BCUT2D eigenvalue weighted by molar-refractivity contribution is 7.99. The number of furan rings is 1. The molecule has 0 aliphatic carbocycles. The van der Waals surface area contributed by atoms with Gasteiger partial charge in [0.1, 0.15) is 0 Å². The maximum Gasteiger partial charge on any atom is 0.338 e. The van der Waals surface area contributed by atoms with Gasteiger partial charge in [-0.1, -0.05) is 42.1 Å². The lowest BCUT2D eigenvalue weighted by Crippen LogP contribution is -2.49. The van der Waals surface area contributed by atoms with Gasteiger partial charge in [0.15, 0.2) is 5.76 Å². The summed E-state index contributed by atoms with van der Waals surface area (Å²) in [6.45, 7) is 4.20. The van der Waals surface area contributed by atoms with Crippen molar-refractivity contribution in [3.8, 4) is 11.7 Å². The van der Waals surface area contributed by atoms with Gasteiger partial charge in [-0.3, -0.25) is 4.90 Å². The number of urea groups is 1. The number of hydrogen-bond acceptors (Lipinski definition) is 8. The van der Waals surface area contributed by atoms with Crippen molar-refractivity contribution >= 4 is 23.8 Å². The first-order valence-electron chi connectivity index (χ1n) is 10.2. The predicted octanol–water partition coefficient (Wildman–Crippen LogP) is 4.03. The standard InChI is InChI=1S/C22H22N4O5S/c1-3-26-15(13-32-22-25-24-19(31-22)16-11-8-12-30-16)17(20(27)29-4-2)18(23-21(26)28)14-9-6-5-7-10-14/h5-12,18H,3-4,13H2,1-2H3,(H,23,28). The van der Waals surface area contributed by atoms with Crippen LogP contribution in [0.4, 0.5) is 4.79 Å². The van der Waals surface area contributed by atoms with Crippen molar-refractivity contribution in [3.05, 3.63) is 65.6 Å². The van der Waals surface area contributed by atoms with Gasteiger partial charge >= 0.3 is 12.0 Å². The van der Waals surface area contributed by atoms with E-state index in [2.05, 4.69) is 15.5 Å². The summed E-state index contributed by atoms with van der Waals surface area (Å²) in [7, 11) is 0. The molecule has 10 heteroatoms. The first-order valence-corrected chi connectivity index (χ1v) is 11.1. The summed E-state index contributed by atoms with van der Waals surface area (Å²) >= 11 is 1.23. The number of aromatic nitrogens is 2. The molecule has 1 N–H and O–H groups in total. The van der Waals surface area contributed by atoms with E-state index in [-0.39, 0.29) is 24.3 Å². The summed E-state index contributed by atoms with van der Waals surface area (Å²) in [5.41, 5.74) is 1.73. The van der Waals surface area contributed by atoms with Crippen molar-refractivity contribution in [2.75, 3.05) is 18.9 Å². The monoisotopic (exact) mass is 454 g/mol. The molecule has 1 aliphatic heterocycles. The molecular weight excluding hydrogens is 432 g/mol. The smallest absolute Gasteiger partial charge is 0.338 e. The predicted molar refractivity (Wildman–Crippen MR) is 116 cm³/mol. The molecule has 1 aromatic carbocycles. The van der Waals surface area contributed by atoms with E-state index >= 15 is 0 Å². The third kappa shape index (κ3) is 4.40. The van der Waals surface area contributed by atoms with E-state index in [9.17, 15) is 9.59 Å². The lowest BCUT2D eigenvalue weighted by atomic mass is 9.95. The highest BCUT2D eigenvalue weighted by atomic mass is 32.2. The Balaban J connectivity index is 1.69. The van der Waals surface area contributed by atoms with Crippen LogP contribution in [0, 0.1) is 0 Å². The average molecular weight is 455 g/mol. The molecular formula is C22H22N4O5S. The van der Waals surface area contributed by atoms with Gasteiger partial charge in [0, 0.05) is 18.0 Å². The number of carbonyl (C=O) groups is 2. The zero-order valence-corrected chi connectivity index (χ0v) is 18.4. The van der Waals surface area contributed by atoms with Crippen LogP contribution < -0.4 is 5.32 Å².